The minimum absolute atomic E-state index is 0.150. The standard InChI is InChI=1S/C21H30N4O2/c1-5-23-20(25-14-17-10-11-18(27-17)19(22)26)24-13-12-15-6-8-16(9-7-15)21(2,3)4/h6-11H,5,12-14H2,1-4H3,(H2,22,26)(H2,23,24,25). The second kappa shape index (κ2) is 9.26. The Morgan fingerprint density at radius 2 is 1.81 bits per heavy atom. The number of primary amides is 1. The van der Waals surface area contributed by atoms with E-state index in [0.29, 0.717) is 18.3 Å². The van der Waals surface area contributed by atoms with E-state index in [2.05, 4.69) is 60.7 Å². The number of nitrogens with one attached hydrogen (secondary N) is 2. The van der Waals surface area contributed by atoms with Crippen molar-refractivity contribution in [2.24, 2.45) is 10.7 Å². The van der Waals surface area contributed by atoms with Crippen LogP contribution < -0.4 is 16.4 Å². The third-order valence-electron chi connectivity index (χ3n) is 4.17. The zero-order valence-corrected chi connectivity index (χ0v) is 16.6. The van der Waals surface area contributed by atoms with E-state index >= 15 is 0 Å². The summed E-state index contributed by atoms with van der Waals surface area (Å²) in [6, 6.07) is 12.0. The molecule has 0 saturated heterocycles. The first-order valence-electron chi connectivity index (χ1n) is 9.29. The van der Waals surface area contributed by atoms with Gasteiger partial charge in [-0.2, -0.15) is 0 Å². The molecule has 0 atom stereocenters. The Labute approximate surface area is 161 Å². The molecule has 6 heteroatoms. The first-order chi connectivity index (χ1) is 12.8. The van der Waals surface area contributed by atoms with Crippen molar-refractivity contribution in [2.75, 3.05) is 13.1 Å². The van der Waals surface area contributed by atoms with Gasteiger partial charge in [-0.05, 0) is 42.0 Å². The number of carbonyl (C=O) groups is 1. The minimum Gasteiger partial charge on any atom is -0.454 e. The number of benzene rings is 1. The maximum atomic E-state index is 11.1. The van der Waals surface area contributed by atoms with Gasteiger partial charge in [-0.1, -0.05) is 45.0 Å². The number of guanidine groups is 1. The molecule has 2 rings (SSSR count). The molecule has 0 aliphatic rings. The molecule has 0 radical (unpaired) electrons. The molecule has 0 bridgehead atoms. The van der Waals surface area contributed by atoms with Gasteiger partial charge in [0.2, 0.25) is 0 Å². The fraction of sp³-hybridized carbons (Fsp3) is 0.429. The van der Waals surface area contributed by atoms with E-state index < -0.39 is 5.91 Å². The van der Waals surface area contributed by atoms with Crippen LogP contribution in [0.5, 0.6) is 0 Å². The van der Waals surface area contributed by atoms with Gasteiger partial charge in [0.15, 0.2) is 11.7 Å². The normalized spacial score (nSPS) is 12.1. The highest BCUT2D eigenvalue weighted by atomic mass is 16.3. The van der Waals surface area contributed by atoms with Gasteiger partial charge in [-0.25, -0.2) is 4.99 Å². The number of nitrogens with zero attached hydrogens (tertiary/aromatic N) is 1. The molecule has 1 heterocycles. The van der Waals surface area contributed by atoms with Gasteiger partial charge in [0.25, 0.3) is 5.91 Å². The molecule has 6 nitrogen and oxygen atoms in total. The van der Waals surface area contributed by atoms with Crippen molar-refractivity contribution < 1.29 is 9.21 Å². The van der Waals surface area contributed by atoms with Crippen molar-refractivity contribution in [3.05, 3.63) is 59.0 Å². The number of rotatable bonds is 7. The predicted octanol–water partition coefficient (Wildman–Crippen LogP) is 2.97. The fourth-order valence-electron chi connectivity index (χ4n) is 2.59. The zero-order chi connectivity index (χ0) is 19.9. The Balaban J connectivity index is 1.88. The van der Waals surface area contributed by atoms with Gasteiger partial charge in [0.1, 0.15) is 12.3 Å². The molecule has 0 unspecified atom stereocenters. The van der Waals surface area contributed by atoms with E-state index in [4.69, 9.17) is 10.2 Å². The smallest absolute Gasteiger partial charge is 0.284 e. The van der Waals surface area contributed by atoms with E-state index in [1.165, 1.54) is 11.1 Å². The van der Waals surface area contributed by atoms with Crippen LogP contribution >= 0.6 is 0 Å². The Morgan fingerprint density at radius 1 is 1.11 bits per heavy atom. The van der Waals surface area contributed by atoms with E-state index in [0.717, 1.165) is 19.5 Å². The SMILES string of the molecule is CCNC(=NCc1ccc(C(N)=O)o1)NCCc1ccc(C(C)(C)C)cc1. The number of aliphatic imine (C=N–C) groups is 1. The van der Waals surface area contributed by atoms with Crippen LogP contribution in [0.2, 0.25) is 0 Å². The summed E-state index contributed by atoms with van der Waals surface area (Å²) >= 11 is 0. The highest BCUT2D eigenvalue weighted by Gasteiger charge is 2.12. The van der Waals surface area contributed by atoms with Crippen LogP contribution in [0.1, 0.15) is 55.1 Å². The average Bonchev–Trinajstić information content (AvgIpc) is 3.09. The summed E-state index contributed by atoms with van der Waals surface area (Å²) in [4.78, 5) is 15.6. The summed E-state index contributed by atoms with van der Waals surface area (Å²) in [5.41, 5.74) is 7.98. The van der Waals surface area contributed by atoms with Gasteiger partial charge >= 0.3 is 0 Å². The van der Waals surface area contributed by atoms with Crippen LogP contribution in [-0.4, -0.2) is 25.0 Å². The monoisotopic (exact) mass is 370 g/mol. The molecule has 0 spiro atoms. The molecule has 0 aliphatic heterocycles. The summed E-state index contributed by atoms with van der Waals surface area (Å²) in [6.45, 7) is 10.5. The second-order valence-electron chi connectivity index (χ2n) is 7.45. The molecule has 4 N–H and O–H groups in total. The number of furan rings is 1. The number of hydrogen-bond acceptors (Lipinski definition) is 3. The zero-order valence-electron chi connectivity index (χ0n) is 16.6. The minimum atomic E-state index is -0.576. The first kappa shape index (κ1) is 20.6. The number of carbonyl (C=O) groups excluding carboxylic acids is 1. The molecule has 1 aromatic heterocycles. The third-order valence-corrected chi connectivity index (χ3v) is 4.17. The van der Waals surface area contributed by atoms with E-state index in [1.54, 1.807) is 12.1 Å². The van der Waals surface area contributed by atoms with Crippen LogP contribution in [0, 0.1) is 0 Å². The van der Waals surface area contributed by atoms with Gasteiger partial charge in [-0.15, -0.1) is 0 Å². The molecule has 1 amide bonds. The largest absolute Gasteiger partial charge is 0.454 e. The molecule has 1 aromatic carbocycles. The maximum Gasteiger partial charge on any atom is 0.284 e. The van der Waals surface area contributed by atoms with E-state index in [1.807, 2.05) is 6.92 Å². The lowest BCUT2D eigenvalue weighted by Gasteiger charge is -2.19. The van der Waals surface area contributed by atoms with Crippen LogP contribution in [0.25, 0.3) is 0 Å². The molecule has 27 heavy (non-hydrogen) atoms. The topological polar surface area (TPSA) is 92.6 Å². The van der Waals surface area contributed by atoms with E-state index in [9.17, 15) is 4.79 Å². The van der Waals surface area contributed by atoms with Gasteiger partial charge < -0.3 is 20.8 Å². The lowest BCUT2D eigenvalue weighted by molar-refractivity contribution is 0.0972. The summed E-state index contributed by atoms with van der Waals surface area (Å²) in [5.74, 6) is 0.879. The molecular formula is C21H30N4O2. The molecule has 0 fully saturated rings. The van der Waals surface area contributed by atoms with Crippen molar-refractivity contribution in [3.8, 4) is 0 Å². The Bertz CT molecular complexity index is 770. The van der Waals surface area contributed by atoms with Crippen LogP contribution in [-0.2, 0) is 18.4 Å². The number of nitrogens with two attached hydrogens (primary N) is 1. The summed E-state index contributed by atoms with van der Waals surface area (Å²) in [6.07, 6.45) is 0.904. The summed E-state index contributed by atoms with van der Waals surface area (Å²) < 4.78 is 5.35. The highest BCUT2D eigenvalue weighted by molar-refractivity contribution is 5.89. The fourth-order valence-corrected chi connectivity index (χ4v) is 2.59. The van der Waals surface area contributed by atoms with Crippen molar-refractivity contribution in [2.45, 2.75) is 46.1 Å². The quantitative estimate of drug-likeness (QED) is 0.516. The van der Waals surface area contributed by atoms with E-state index in [-0.39, 0.29) is 11.2 Å². The van der Waals surface area contributed by atoms with Gasteiger partial charge in [-0.3, -0.25) is 4.79 Å². The number of hydrogen-bond donors (Lipinski definition) is 3. The molecule has 2 aromatic rings. The van der Waals surface area contributed by atoms with Crippen LogP contribution in [0.15, 0.2) is 45.8 Å². The Morgan fingerprint density at radius 3 is 2.37 bits per heavy atom. The second-order valence-corrected chi connectivity index (χ2v) is 7.45. The van der Waals surface area contributed by atoms with Gasteiger partial charge in [0, 0.05) is 13.1 Å². The van der Waals surface area contributed by atoms with Crippen LogP contribution in [0.3, 0.4) is 0 Å². The van der Waals surface area contributed by atoms with Crippen molar-refractivity contribution in [3.63, 3.8) is 0 Å². The van der Waals surface area contributed by atoms with Crippen molar-refractivity contribution in [1.82, 2.24) is 10.6 Å². The summed E-state index contributed by atoms with van der Waals surface area (Å²) in [5, 5.41) is 6.52. The highest BCUT2D eigenvalue weighted by Crippen LogP contribution is 2.22. The molecule has 146 valence electrons. The lowest BCUT2D eigenvalue weighted by atomic mass is 9.86. The predicted molar refractivity (Wildman–Crippen MR) is 109 cm³/mol. The molecule has 0 aliphatic carbocycles. The van der Waals surface area contributed by atoms with Crippen LogP contribution in [0.4, 0.5) is 0 Å². The average molecular weight is 370 g/mol. The van der Waals surface area contributed by atoms with Gasteiger partial charge in [0.05, 0.1) is 0 Å². The molecule has 0 saturated carbocycles. The summed E-state index contributed by atoms with van der Waals surface area (Å²) in [7, 11) is 0. The van der Waals surface area contributed by atoms with Crippen molar-refractivity contribution in [1.29, 1.82) is 0 Å². The maximum absolute atomic E-state index is 11.1. The Hall–Kier alpha value is -2.76. The number of amides is 1. The van der Waals surface area contributed by atoms with Crippen molar-refractivity contribution >= 4 is 11.9 Å². The third kappa shape index (κ3) is 6.47. The molecular weight excluding hydrogens is 340 g/mol. The lowest BCUT2D eigenvalue weighted by Crippen LogP contribution is -2.38. The first-order valence-corrected chi connectivity index (χ1v) is 9.29. The Kier molecular flexibility index (Phi) is 7.05.